The van der Waals surface area contributed by atoms with Crippen LogP contribution in [0.15, 0.2) is 59.5 Å². The molecule has 1 aliphatic heterocycles. The number of aromatic nitrogens is 5. The summed E-state index contributed by atoms with van der Waals surface area (Å²) in [4.78, 5) is 9.21. The lowest BCUT2D eigenvalue weighted by molar-refractivity contribution is 0.413. The average molecular weight is 490 g/mol. The summed E-state index contributed by atoms with van der Waals surface area (Å²) < 4.78 is 10.8. The predicted molar refractivity (Wildman–Crippen MR) is 129 cm³/mol. The zero-order valence-electron chi connectivity index (χ0n) is 18.1. The van der Waals surface area contributed by atoms with Gasteiger partial charge in [0, 0.05) is 23.6 Å². The molecular formula is C25H24BrN5O. The Morgan fingerprint density at radius 1 is 1.16 bits per heavy atom. The molecule has 6 nitrogen and oxygen atoms in total. The van der Waals surface area contributed by atoms with E-state index in [1.807, 2.05) is 28.7 Å². The summed E-state index contributed by atoms with van der Waals surface area (Å²) in [5.41, 5.74) is 5.44. The Morgan fingerprint density at radius 3 is 2.75 bits per heavy atom. The summed E-state index contributed by atoms with van der Waals surface area (Å²) in [6.07, 6.45) is 8.78. The molecule has 4 aromatic rings. The Kier molecular flexibility index (Phi) is 5.66. The zero-order valence-corrected chi connectivity index (χ0v) is 19.7. The monoisotopic (exact) mass is 489 g/mol. The Balaban J connectivity index is 1.44. The smallest absolute Gasteiger partial charge is 0.155 e. The maximum absolute atomic E-state index is 5.67. The van der Waals surface area contributed by atoms with Gasteiger partial charge < -0.3 is 9.30 Å². The second-order valence-corrected chi connectivity index (χ2v) is 8.92. The van der Waals surface area contributed by atoms with Crippen LogP contribution in [0.25, 0.3) is 17.3 Å². The van der Waals surface area contributed by atoms with Crippen LogP contribution in [0.1, 0.15) is 41.3 Å². The van der Waals surface area contributed by atoms with Crippen LogP contribution in [0.2, 0.25) is 0 Å². The standard InChI is InChI=1S/C25H24BrN5O/c1-17-15-30(16-27-17)22-10-7-19(13-23(22)32-2)12-20-4-3-11-31-25(20)28-24(29-31)14-18-5-8-21(26)9-6-18/h5-10,12-13,15-16H,3-4,11,14H2,1-2H3/b20-12+. The van der Waals surface area contributed by atoms with Crippen LogP contribution >= 0.6 is 15.9 Å². The van der Waals surface area contributed by atoms with Gasteiger partial charge in [-0.2, -0.15) is 5.10 Å². The van der Waals surface area contributed by atoms with Gasteiger partial charge in [-0.15, -0.1) is 0 Å². The van der Waals surface area contributed by atoms with Crippen molar-refractivity contribution in [2.75, 3.05) is 7.11 Å². The van der Waals surface area contributed by atoms with E-state index in [9.17, 15) is 0 Å². The van der Waals surface area contributed by atoms with Crippen LogP contribution in [0.3, 0.4) is 0 Å². The molecule has 0 amide bonds. The van der Waals surface area contributed by atoms with E-state index in [4.69, 9.17) is 14.8 Å². The number of halogens is 1. The fraction of sp³-hybridized carbons (Fsp3) is 0.240. The molecule has 0 saturated heterocycles. The fourth-order valence-electron chi connectivity index (χ4n) is 4.06. The highest BCUT2D eigenvalue weighted by Gasteiger charge is 2.19. The number of hydrogen-bond donors (Lipinski definition) is 0. The highest BCUT2D eigenvalue weighted by molar-refractivity contribution is 9.10. The molecule has 1 aliphatic rings. The van der Waals surface area contributed by atoms with E-state index >= 15 is 0 Å². The first kappa shape index (κ1) is 20.7. The van der Waals surface area contributed by atoms with Gasteiger partial charge in [0.2, 0.25) is 0 Å². The van der Waals surface area contributed by atoms with Crippen molar-refractivity contribution in [1.29, 1.82) is 0 Å². The minimum atomic E-state index is 0.730. The number of allylic oxidation sites excluding steroid dienone is 1. The molecule has 0 aliphatic carbocycles. The lowest BCUT2D eigenvalue weighted by Crippen LogP contribution is -2.11. The molecule has 0 radical (unpaired) electrons. The topological polar surface area (TPSA) is 57.8 Å². The van der Waals surface area contributed by atoms with Crippen molar-refractivity contribution in [3.05, 3.63) is 87.9 Å². The number of fused-ring (bicyclic) bond motifs is 1. The molecule has 0 unspecified atom stereocenters. The van der Waals surface area contributed by atoms with Crippen molar-refractivity contribution in [2.45, 2.75) is 32.7 Å². The molecule has 5 rings (SSSR count). The van der Waals surface area contributed by atoms with Crippen LogP contribution in [0.4, 0.5) is 0 Å². The number of nitrogens with zero attached hydrogens (tertiary/aromatic N) is 5. The van der Waals surface area contributed by atoms with Crippen LogP contribution in [0.5, 0.6) is 5.75 Å². The maximum Gasteiger partial charge on any atom is 0.155 e. The Morgan fingerprint density at radius 2 is 2.00 bits per heavy atom. The number of aryl methyl sites for hydroxylation is 2. The van der Waals surface area contributed by atoms with Crippen molar-refractivity contribution in [2.24, 2.45) is 0 Å². The number of imidazole rings is 1. The molecule has 7 heteroatoms. The lowest BCUT2D eigenvalue weighted by Gasteiger charge is -2.16. The van der Waals surface area contributed by atoms with Crippen molar-refractivity contribution >= 4 is 27.6 Å². The highest BCUT2D eigenvalue weighted by Crippen LogP contribution is 2.30. The third-order valence-electron chi connectivity index (χ3n) is 5.63. The number of hydrogen-bond acceptors (Lipinski definition) is 4. The van der Waals surface area contributed by atoms with Crippen molar-refractivity contribution in [3.63, 3.8) is 0 Å². The van der Waals surface area contributed by atoms with Gasteiger partial charge in [0.05, 0.1) is 24.8 Å². The Hall–Kier alpha value is -3.19. The van der Waals surface area contributed by atoms with Gasteiger partial charge in [0.25, 0.3) is 0 Å². The fourth-order valence-corrected chi connectivity index (χ4v) is 4.33. The Labute approximate surface area is 195 Å². The average Bonchev–Trinajstić information content (AvgIpc) is 3.41. The number of methoxy groups -OCH3 is 1. The Bertz CT molecular complexity index is 1290. The molecule has 0 bridgehead atoms. The molecule has 2 aromatic heterocycles. The van der Waals surface area contributed by atoms with E-state index in [0.29, 0.717) is 0 Å². The van der Waals surface area contributed by atoms with Gasteiger partial charge in [-0.3, -0.25) is 0 Å². The largest absolute Gasteiger partial charge is 0.495 e. The molecule has 2 aromatic carbocycles. The second-order valence-electron chi connectivity index (χ2n) is 8.00. The van der Waals surface area contributed by atoms with E-state index in [2.05, 4.69) is 69.5 Å². The zero-order chi connectivity index (χ0) is 22.1. The molecule has 162 valence electrons. The van der Waals surface area contributed by atoms with Crippen LogP contribution in [0, 0.1) is 6.92 Å². The molecule has 0 N–H and O–H groups in total. The number of rotatable bonds is 5. The second kappa shape index (κ2) is 8.74. The van der Waals surface area contributed by atoms with E-state index in [1.165, 1.54) is 11.1 Å². The highest BCUT2D eigenvalue weighted by atomic mass is 79.9. The first-order valence-corrected chi connectivity index (χ1v) is 11.5. The lowest BCUT2D eigenvalue weighted by atomic mass is 10.0. The van der Waals surface area contributed by atoms with Gasteiger partial charge in [0.1, 0.15) is 5.75 Å². The quantitative estimate of drug-likeness (QED) is 0.373. The van der Waals surface area contributed by atoms with Crippen molar-refractivity contribution in [1.82, 2.24) is 24.3 Å². The van der Waals surface area contributed by atoms with Gasteiger partial charge in [0.15, 0.2) is 11.6 Å². The number of benzene rings is 2. The molecule has 0 spiro atoms. The molecule has 0 fully saturated rings. The van der Waals surface area contributed by atoms with Gasteiger partial charge >= 0.3 is 0 Å². The van der Waals surface area contributed by atoms with Crippen LogP contribution < -0.4 is 4.74 Å². The summed E-state index contributed by atoms with van der Waals surface area (Å²) in [5.74, 6) is 2.64. The number of ether oxygens (including phenoxy) is 1. The van der Waals surface area contributed by atoms with E-state index in [-0.39, 0.29) is 0 Å². The van der Waals surface area contributed by atoms with Crippen LogP contribution in [-0.2, 0) is 13.0 Å². The molecule has 0 saturated carbocycles. The summed E-state index contributed by atoms with van der Waals surface area (Å²) in [6, 6.07) is 14.6. The minimum absolute atomic E-state index is 0.730. The maximum atomic E-state index is 5.67. The van der Waals surface area contributed by atoms with E-state index in [1.54, 1.807) is 7.11 Å². The molecule has 0 atom stereocenters. The summed E-state index contributed by atoms with van der Waals surface area (Å²) in [6.45, 7) is 2.88. The van der Waals surface area contributed by atoms with Gasteiger partial charge in [-0.25, -0.2) is 14.6 Å². The third-order valence-corrected chi connectivity index (χ3v) is 6.16. The third kappa shape index (κ3) is 4.25. The predicted octanol–water partition coefficient (Wildman–Crippen LogP) is 5.47. The van der Waals surface area contributed by atoms with E-state index < -0.39 is 0 Å². The summed E-state index contributed by atoms with van der Waals surface area (Å²) in [5, 5.41) is 4.77. The van der Waals surface area contributed by atoms with Crippen molar-refractivity contribution in [3.8, 4) is 11.4 Å². The molecule has 32 heavy (non-hydrogen) atoms. The molecule has 3 heterocycles. The first-order valence-electron chi connectivity index (χ1n) is 10.7. The summed E-state index contributed by atoms with van der Waals surface area (Å²) >= 11 is 3.49. The SMILES string of the molecule is COc1cc(/C=C2\CCCn3nc(Cc4ccc(Br)cc4)nc32)ccc1-n1cnc(C)c1. The summed E-state index contributed by atoms with van der Waals surface area (Å²) in [7, 11) is 1.70. The van der Waals surface area contributed by atoms with E-state index in [0.717, 1.165) is 64.6 Å². The normalized spacial score (nSPS) is 14.5. The first-order chi connectivity index (χ1) is 15.6. The van der Waals surface area contributed by atoms with Gasteiger partial charge in [-0.05, 0) is 66.8 Å². The molecular weight excluding hydrogens is 466 g/mol. The van der Waals surface area contributed by atoms with Crippen molar-refractivity contribution < 1.29 is 4.74 Å². The van der Waals surface area contributed by atoms with Gasteiger partial charge in [-0.1, -0.05) is 34.1 Å². The minimum Gasteiger partial charge on any atom is -0.495 e. The van der Waals surface area contributed by atoms with Crippen LogP contribution in [-0.4, -0.2) is 31.4 Å².